The number of hydrogen-bond acceptors (Lipinski definition) is 4. The van der Waals surface area contributed by atoms with Crippen LogP contribution in [0, 0.1) is 0 Å². The summed E-state index contributed by atoms with van der Waals surface area (Å²) in [4.78, 5) is 16.1. The summed E-state index contributed by atoms with van der Waals surface area (Å²) in [5.74, 6) is -0.383. The monoisotopic (exact) mass is 343 g/mol. The first-order valence-electron chi connectivity index (χ1n) is 7.17. The van der Waals surface area contributed by atoms with Gasteiger partial charge >= 0.3 is 5.97 Å². The molecule has 23 heavy (non-hydrogen) atoms. The summed E-state index contributed by atoms with van der Waals surface area (Å²) in [6.45, 7) is 2.12. The van der Waals surface area contributed by atoms with Crippen molar-refractivity contribution in [3.63, 3.8) is 0 Å². The molecular formula is C18H14ClNO2S. The van der Waals surface area contributed by atoms with Crippen molar-refractivity contribution >= 4 is 28.9 Å². The number of halogens is 1. The first-order chi connectivity index (χ1) is 11.2. The molecule has 116 valence electrons. The Balaban J connectivity index is 1.95. The van der Waals surface area contributed by atoms with E-state index in [2.05, 4.69) is 4.98 Å². The van der Waals surface area contributed by atoms with Crippen LogP contribution in [0.4, 0.5) is 0 Å². The molecule has 1 aromatic heterocycles. The molecule has 0 bridgehead atoms. The zero-order chi connectivity index (χ0) is 16.2. The van der Waals surface area contributed by atoms with Crippen LogP contribution in [-0.4, -0.2) is 17.6 Å². The van der Waals surface area contributed by atoms with Gasteiger partial charge < -0.3 is 4.74 Å². The van der Waals surface area contributed by atoms with Gasteiger partial charge in [0.1, 0.15) is 0 Å². The highest BCUT2D eigenvalue weighted by molar-refractivity contribution is 7.11. The van der Waals surface area contributed by atoms with E-state index in [4.69, 9.17) is 16.3 Å². The van der Waals surface area contributed by atoms with E-state index >= 15 is 0 Å². The van der Waals surface area contributed by atoms with E-state index in [0.717, 1.165) is 22.4 Å². The lowest BCUT2D eigenvalue weighted by atomic mass is 10.0. The van der Waals surface area contributed by atoms with Gasteiger partial charge in [-0.05, 0) is 24.6 Å². The van der Waals surface area contributed by atoms with Gasteiger partial charge in [-0.3, -0.25) is 0 Å². The van der Waals surface area contributed by atoms with Crippen molar-refractivity contribution in [1.29, 1.82) is 0 Å². The van der Waals surface area contributed by atoms with Gasteiger partial charge in [-0.15, -0.1) is 11.3 Å². The van der Waals surface area contributed by atoms with Crippen LogP contribution in [-0.2, 0) is 4.74 Å². The van der Waals surface area contributed by atoms with Crippen molar-refractivity contribution < 1.29 is 9.53 Å². The second-order valence-electron chi connectivity index (χ2n) is 4.82. The van der Waals surface area contributed by atoms with Gasteiger partial charge in [-0.1, -0.05) is 48.0 Å². The van der Waals surface area contributed by atoms with E-state index in [1.165, 1.54) is 11.3 Å². The molecule has 0 radical (unpaired) electrons. The molecule has 0 saturated heterocycles. The molecule has 0 unspecified atom stereocenters. The third kappa shape index (κ3) is 3.44. The Labute approximate surface area is 143 Å². The van der Waals surface area contributed by atoms with E-state index in [1.807, 2.05) is 53.9 Å². The van der Waals surface area contributed by atoms with Crippen LogP contribution in [0.5, 0.6) is 0 Å². The maximum Gasteiger partial charge on any atom is 0.367 e. The van der Waals surface area contributed by atoms with Crippen molar-refractivity contribution in [2.45, 2.75) is 6.92 Å². The molecular weight excluding hydrogens is 330 g/mol. The Bertz CT molecular complexity index is 844. The largest absolute Gasteiger partial charge is 0.461 e. The molecule has 5 heteroatoms. The van der Waals surface area contributed by atoms with Gasteiger partial charge in [0.25, 0.3) is 0 Å². The summed E-state index contributed by atoms with van der Waals surface area (Å²) in [7, 11) is 0. The van der Waals surface area contributed by atoms with E-state index in [0.29, 0.717) is 16.6 Å². The predicted octanol–water partition coefficient (Wildman–Crippen LogP) is 5.31. The van der Waals surface area contributed by atoms with Crippen LogP contribution < -0.4 is 0 Å². The Morgan fingerprint density at radius 3 is 2.74 bits per heavy atom. The minimum atomic E-state index is -0.383. The number of ether oxygens (including phenoxy) is 1. The van der Waals surface area contributed by atoms with E-state index in [-0.39, 0.29) is 5.97 Å². The number of thiazole rings is 1. The van der Waals surface area contributed by atoms with E-state index in [9.17, 15) is 4.79 Å². The number of nitrogens with zero attached hydrogens (tertiary/aromatic N) is 1. The average Bonchev–Trinajstić information content (AvgIpc) is 3.06. The molecule has 3 aromatic rings. The Morgan fingerprint density at radius 1 is 1.17 bits per heavy atom. The molecule has 0 atom stereocenters. The predicted molar refractivity (Wildman–Crippen MR) is 94.0 cm³/mol. The van der Waals surface area contributed by atoms with Gasteiger partial charge in [-0.2, -0.15) is 0 Å². The molecule has 0 amide bonds. The fraction of sp³-hybridized carbons (Fsp3) is 0.111. The van der Waals surface area contributed by atoms with Crippen molar-refractivity contribution in [2.24, 2.45) is 0 Å². The molecule has 0 aliphatic carbocycles. The van der Waals surface area contributed by atoms with Gasteiger partial charge in [0.15, 0.2) is 0 Å². The number of hydrogen-bond donors (Lipinski definition) is 0. The lowest BCUT2D eigenvalue weighted by Crippen LogP contribution is -2.03. The Morgan fingerprint density at radius 2 is 1.96 bits per heavy atom. The maximum absolute atomic E-state index is 11.7. The molecule has 0 fully saturated rings. The van der Waals surface area contributed by atoms with Crippen molar-refractivity contribution in [1.82, 2.24) is 4.98 Å². The van der Waals surface area contributed by atoms with Crippen LogP contribution in [0.1, 0.15) is 16.7 Å². The number of carbonyl (C=O) groups excluding carboxylic acids is 1. The number of rotatable bonds is 4. The molecule has 2 aromatic carbocycles. The van der Waals surface area contributed by atoms with Crippen LogP contribution in [0.3, 0.4) is 0 Å². The Hall–Kier alpha value is -2.17. The molecule has 0 aliphatic rings. The minimum absolute atomic E-state index is 0.343. The Kier molecular flexibility index (Phi) is 4.74. The second kappa shape index (κ2) is 6.94. The van der Waals surface area contributed by atoms with E-state index in [1.54, 1.807) is 6.92 Å². The lowest BCUT2D eigenvalue weighted by molar-refractivity contribution is 0.0526. The van der Waals surface area contributed by atoms with Crippen LogP contribution in [0.15, 0.2) is 53.9 Å². The topological polar surface area (TPSA) is 39.2 Å². The standard InChI is InChI=1S/C18H14ClNO2S/c1-2-22-18(21)17-20-16(11-23-17)13-7-5-6-12(10-13)14-8-3-4-9-15(14)19/h3-11H,2H2,1H3. The highest BCUT2D eigenvalue weighted by atomic mass is 35.5. The zero-order valence-corrected chi connectivity index (χ0v) is 14.0. The molecule has 1 heterocycles. The summed E-state index contributed by atoms with van der Waals surface area (Å²) in [6.07, 6.45) is 0. The quantitative estimate of drug-likeness (QED) is 0.603. The first-order valence-corrected chi connectivity index (χ1v) is 8.43. The third-order valence-corrected chi connectivity index (χ3v) is 4.45. The number of carbonyl (C=O) groups is 1. The van der Waals surface area contributed by atoms with Crippen molar-refractivity contribution in [3.05, 3.63) is 63.9 Å². The van der Waals surface area contributed by atoms with Gasteiger partial charge in [0.2, 0.25) is 5.01 Å². The summed E-state index contributed by atoms with van der Waals surface area (Å²) < 4.78 is 4.98. The average molecular weight is 344 g/mol. The van der Waals surface area contributed by atoms with E-state index < -0.39 is 0 Å². The number of benzene rings is 2. The molecule has 0 spiro atoms. The molecule has 3 rings (SSSR count). The number of aromatic nitrogens is 1. The smallest absolute Gasteiger partial charge is 0.367 e. The minimum Gasteiger partial charge on any atom is -0.461 e. The summed E-state index contributed by atoms with van der Waals surface area (Å²) in [5, 5.41) is 2.93. The van der Waals surface area contributed by atoms with Crippen LogP contribution in [0.25, 0.3) is 22.4 Å². The summed E-state index contributed by atoms with van der Waals surface area (Å²) in [5.41, 5.74) is 3.68. The van der Waals surface area contributed by atoms with Crippen molar-refractivity contribution in [3.8, 4) is 22.4 Å². The normalized spacial score (nSPS) is 10.5. The van der Waals surface area contributed by atoms with Crippen molar-refractivity contribution in [2.75, 3.05) is 6.61 Å². The molecule has 3 nitrogen and oxygen atoms in total. The molecule has 0 aliphatic heterocycles. The van der Waals surface area contributed by atoms with Gasteiger partial charge in [0.05, 0.1) is 12.3 Å². The lowest BCUT2D eigenvalue weighted by Gasteiger charge is -2.06. The second-order valence-corrected chi connectivity index (χ2v) is 6.08. The summed E-state index contributed by atoms with van der Waals surface area (Å²) >= 11 is 7.55. The fourth-order valence-electron chi connectivity index (χ4n) is 2.23. The highest BCUT2D eigenvalue weighted by Crippen LogP contribution is 2.31. The van der Waals surface area contributed by atoms with Gasteiger partial charge in [-0.25, -0.2) is 9.78 Å². The SMILES string of the molecule is CCOC(=O)c1nc(-c2cccc(-c3ccccc3Cl)c2)cs1. The molecule has 0 N–H and O–H groups in total. The van der Waals surface area contributed by atoms with Gasteiger partial charge in [0, 0.05) is 21.5 Å². The number of esters is 1. The zero-order valence-electron chi connectivity index (χ0n) is 12.5. The summed E-state index contributed by atoms with van der Waals surface area (Å²) in [6, 6.07) is 15.6. The first kappa shape index (κ1) is 15.7. The third-order valence-electron chi connectivity index (χ3n) is 3.30. The molecule has 0 saturated carbocycles. The van der Waals surface area contributed by atoms with Crippen LogP contribution >= 0.6 is 22.9 Å². The maximum atomic E-state index is 11.7. The fourth-order valence-corrected chi connectivity index (χ4v) is 3.20. The van der Waals surface area contributed by atoms with Crippen LogP contribution in [0.2, 0.25) is 5.02 Å². The highest BCUT2D eigenvalue weighted by Gasteiger charge is 2.13.